The number of carbonyl (C=O) groups is 1. The van der Waals surface area contributed by atoms with Gasteiger partial charge in [-0.25, -0.2) is 0 Å². The minimum atomic E-state index is -0.314. The van der Waals surface area contributed by atoms with Gasteiger partial charge in [-0.15, -0.1) is 0 Å². The third-order valence-electron chi connectivity index (χ3n) is 5.63. The molecular formula is C19H28N2O. The third-order valence-corrected chi connectivity index (χ3v) is 5.63. The van der Waals surface area contributed by atoms with Gasteiger partial charge in [0, 0.05) is 18.6 Å². The molecule has 0 spiro atoms. The van der Waals surface area contributed by atoms with Crippen LogP contribution in [0.3, 0.4) is 0 Å². The largest absolute Gasteiger partial charge is 0.342 e. The van der Waals surface area contributed by atoms with Crippen LogP contribution in [0.5, 0.6) is 0 Å². The predicted molar refractivity (Wildman–Crippen MR) is 89.5 cm³/mol. The van der Waals surface area contributed by atoms with Gasteiger partial charge >= 0.3 is 0 Å². The fraction of sp³-hybridized carbons (Fsp3) is 0.632. The average molecular weight is 300 g/mol. The van der Waals surface area contributed by atoms with Crippen LogP contribution >= 0.6 is 0 Å². The normalized spacial score (nSPS) is 30.3. The van der Waals surface area contributed by atoms with Gasteiger partial charge in [0.1, 0.15) is 0 Å². The maximum absolute atomic E-state index is 12.9. The molecule has 1 aliphatic heterocycles. The number of nitrogens with two attached hydrogens (primary N) is 1. The molecular weight excluding hydrogens is 272 g/mol. The molecule has 1 saturated heterocycles. The molecule has 2 atom stereocenters. The van der Waals surface area contributed by atoms with E-state index in [2.05, 4.69) is 42.2 Å². The molecule has 1 heterocycles. The first-order valence-electron chi connectivity index (χ1n) is 8.70. The standard InChI is InChI=1S/C19H28N2O/c1-19(20)12-6-5-9-17(19)18(22)21-13-10-16(11-14-21)15-7-3-2-4-8-15/h2-4,7-8,16-17H,5-6,9-14,20H2,1H3. The molecule has 0 aromatic heterocycles. The van der Waals surface area contributed by atoms with Crippen molar-refractivity contribution < 1.29 is 4.79 Å². The van der Waals surface area contributed by atoms with Crippen molar-refractivity contribution in [2.75, 3.05) is 13.1 Å². The van der Waals surface area contributed by atoms with Crippen LogP contribution in [0.4, 0.5) is 0 Å². The van der Waals surface area contributed by atoms with Crippen LogP contribution in [0.15, 0.2) is 30.3 Å². The lowest BCUT2D eigenvalue weighted by Gasteiger charge is -2.41. The second-order valence-corrected chi connectivity index (χ2v) is 7.31. The number of likely N-dealkylation sites (tertiary alicyclic amines) is 1. The number of carbonyl (C=O) groups excluding carboxylic acids is 1. The van der Waals surface area contributed by atoms with Gasteiger partial charge < -0.3 is 10.6 Å². The summed E-state index contributed by atoms with van der Waals surface area (Å²) in [6.45, 7) is 3.82. The zero-order valence-corrected chi connectivity index (χ0v) is 13.6. The Morgan fingerprint density at radius 3 is 2.45 bits per heavy atom. The van der Waals surface area contributed by atoms with E-state index in [9.17, 15) is 4.79 Å². The lowest BCUT2D eigenvalue weighted by Crippen LogP contribution is -2.54. The summed E-state index contributed by atoms with van der Waals surface area (Å²) in [6, 6.07) is 10.7. The minimum absolute atomic E-state index is 0.0227. The summed E-state index contributed by atoms with van der Waals surface area (Å²) < 4.78 is 0. The number of hydrogen-bond acceptors (Lipinski definition) is 2. The minimum Gasteiger partial charge on any atom is -0.342 e. The molecule has 1 aliphatic carbocycles. The summed E-state index contributed by atoms with van der Waals surface area (Å²) >= 11 is 0. The van der Waals surface area contributed by atoms with E-state index in [1.165, 1.54) is 5.56 Å². The highest BCUT2D eigenvalue weighted by Gasteiger charge is 2.40. The lowest BCUT2D eigenvalue weighted by atomic mass is 9.73. The van der Waals surface area contributed by atoms with Gasteiger partial charge in [-0.2, -0.15) is 0 Å². The summed E-state index contributed by atoms with van der Waals surface area (Å²) in [5, 5.41) is 0. The van der Waals surface area contributed by atoms with E-state index >= 15 is 0 Å². The first-order valence-corrected chi connectivity index (χ1v) is 8.70. The quantitative estimate of drug-likeness (QED) is 0.911. The molecule has 1 aromatic rings. The molecule has 3 heteroatoms. The van der Waals surface area contributed by atoms with Crippen molar-refractivity contribution >= 4 is 5.91 Å². The predicted octanol–water partition coefficient (Wildman–Crippen LogP) is 3.30. The third kappa shape index (κ3) is 3.19. The Morgan fingerprint density at radius 2 is 1.82 bits per heavy atom. The first-order chi connectivity index (χ1) is 10.6. The molecule has 2 N–H and O–H groups in total. The summed E-state index contributed by atoms with van der Waals surface area (Å²) in [6.07, 6.45) is 6.39. The molecule has 0 radical (unpaired) electrons. The van der Waals surface area contributed by atoms with E-state index in [1.54, 1.807) is 0 Å². The zero-order chi connectivity index (χ0) is 15.6. The topological polar surface area (TPSA) is 46.3 Å². The maximum atomic E-state index is 12.9. The van der Waals surface area contributed by atoms with Gasteiger partial charge in [0.15, 0.2) is 0 Å². The highest BCUT2D eigenvalue weighted by molar-refractivity contribution is 5.80. The molecule has 1 aromatic carbocycles. The molecule has 3 rings (SSSR count). The van der Waals surface area contributed by atoms with Crippen molar-refractivity contribution in [2.45, 2.75) is 56.9 Å². The lowest BCUT2D eigenvalue weighted by molar-refractivity contribution is -0.140. The van der Waals surface area contributed by atoms with Gasteiger partial charge in [-0.3, -0.25) is 4.79 Å². The first kappa shape index (κ1) is 15.5. The zero-order valence-electron chi connectivity index (χ0n) is 13.6. The Balaban J connectivity index is 1.60. The van der Waals surface area contributed by atoms with Crippen LogP contribution in [0.1, 0.15) is 56.9 Å². The number of rotatable bonds is 2. The maximum Gasteiger partial charge on any atom is 0.227 e. The Labute approximate surface area is 133 Å². The van der Waals surface area contributed by atoms with Crippen LogP contribution in [0.2, 0.25) is 0 Å². The molecule has 2 aliphatic rings. The van der Waals surface area contributed by atoms with Crippen molar-refractivity contribution in [3.05, 3.63) is 35.9 Å². The van der Waals surface area contributed by atoms with E-state index in [0.717, 1.165) is 51.6 Å². The molecule has 2 unspecified atom stereocenters. The van der Waals surface area contributed by atoms with Gasteiger partial charge in [0.2, 0.25) is 5.91 Å². The number of piperidine rings is 1. The van der Waals surface area contributed by atoms with Crippen LogP contribution in [-0.2, 0) is 4.79 Å². The summed E-state index contributed by atoms with van der Waals surface area (Å²) in [7, 11) is 0. The van der Waals surface area contributed by atoms with E-state index in [-0.39, 0.29) is 11.5 Å². The molecule has 0 bridgehead atoms. The van der Waals surface area contributed by atoms with Crippen molar-refractivity contribution in [2.24, 2.45) is 11.7 Å². The molecule has 1 amide bonds. The van der Waals surface area contributed by atoms with Crippen LogP contribution in [0.25, 0.3) is 0 Å². The fourth-order valence-corrected chi connectivity index (χ4v) is 4.14. The second kappa shape index (κ2) is 6.41. The fourth-order valence-electron chi connectivity index (χ4n) is 4.14. The van der Waals surface area contributed by atoms with Gasteiger partial charge in [-0.05, 0) is 44.1 Å². The second-order valence-electron chi connectivity index (χ2n) is 7.31. The van der Waals surface area contributed by atoms with Gasteiger partial charge in [-0.1, -0.05) is 43.2 Å². The Kier molecular flexibility index (Phi) is 4.53. The molecule has 120 valence electrons. The summed E-state index contributed by atoms with van der Waals surface area (Å²) in [4.78, 5) is 14.9. The van der Waals surface area contributed by atoms with Crippen molar-refractivity contribution in [3.63, 3.8) is 0 Å². The van der Waals surface area contributed by atoms with E-state index in [1.807, 2.05) is 0 Å². The number of nitrogens with zero attached hydrogens (tertiary/aromatic N) is 1. The molecule has 1 saturated carbocycles. The number of amides is 1. The van der Waals surface area contributed by atoms with Gasteiger partial charge in [0.05, 0.1) is 5.92 Å². The Bertz CT molecular complexity index is 503. The van der Waals surface area contributed by atoms with Crippen molar-refractivity contribution in [1.82, 2.24) is 4.90 Å². The smallest absolute Gasteiger partial charge is 0.227 e. The SMILES string of the molecule is CC1(N)CCCCC1C(=O)N1CCC(c2ccccc2)CC1. The summed E-state index contributed by atoms with van der Waals surface area (Å²) in [5.41, 5.74) is 7.50. The van der Waals surface area contributed by atoms with Crippen molar-refractivity contribution in [1.29, 1.82) is 0 Å². The monoisotopic (exact) mass is 300 g/mol. The van der Waals surface area contributed by atoms with E-state index < -0.39 is 0 Å². The Morgan fingerprint density at radius 1 is 1.14 bits per heavy atom. The van der Waals surface area contributed by atoms with Crippen LogP contribution in [-0.4, -0.2) is 29.4 Å². The summed E-state index contributed by atoms with van der Waals surface area (Å²) in [5.74, 6) is 0.923. The molecule has 3 nitrogen and oxygen atoms in total. The van der Waals surface area contributed by atoms with Crippen LogP contribution < -0.4 is 5.73 Å². The van der Waals surface area contributed by atoms with Crippen LogP contribution in [0, 0.1) is 5.92 Å². The number of hydrogen-bond donors (Lipinski definition) is 1. The number of benzene rings is 1. The van der Waals surface area contributed by atoms with Crippen molar-refractivity contribution in [3.8, 4) is 0 Å². The van der Waals surface area contributed by atoms with E-state index in [4.69, 9.17) is 5.73 Å². The Hall–Kier alpha value is -1.35. The molecule has 2 fully saturated rings. The highest BCUT2D eigenvalue weighted by Crippen LogP contribution is 2.35. The van der Waals surface area contributed by atoms with E-state index in [0.29, 0.717) is 11.8 Å². The highest BCUT2D eigenvalue weighted by atomic mass is 16.2. The van der Waals surface area contributed by atoms with Gasteiger partial charge in [0.25, 0.3) is 0 Å². The average Bonchev–Trinajstić information content (AvgIpc) is 2.55. The molecule has 22 heavy (non-hydrogen) atoms.